The summed E-state index contributed by atoms with van der Waals surface area (Å²) in [5.41, 5.74) is 1.76. The molecule has 13 heavy (non-hydrogen) atoms. The van der Waals surface area contributed by atoms with Gasteiger partial charge in [-0.25, -0.2) is 0 Å². The Morgan fingerprint density at radius 1 is 1.62 bits per heavy atom. The molecular formula is C10H12N2O. The lowest BCUT2D eigenvalue weighted by Crippen LogP contribution is -2.08. The average Bonchev–Trinajstić information content (AvgIpc) is 2.09. The first-order valence-corrected chi connectivity index (χ1v) is 4.08. The quantitative estimate of drug-likeness (QED) is 0.699. The van der Waals surface area contributed by atoms with Gasteiger partial charge in [-0.05, 0) is 31.6 Å². The number of carbonyl (C=O) groups is 1. The Morgan fingerprint density at radius 2 is 2.38 bits per heavy atom. The van der Waals surface area contributed by atoms with E-state index >= 15 is 0 Å². The van der Waals surface area contributed by atoms with Gasteiger partial charge in [-0.15, -0.1) is 0 Å². The van der Waals surface area contributed by atoms with Gasteiger partial charge in [0.2, 0.25) is 5.91 Å². The number of hydrogen-bond donors (Lipinski definition) is 1. The molecule has 68 valence electrons. The summed E-state index contributed by atoms with van der Waals surface area (Å²) in [5, 5.41) is 2.75. The summed E-state index contributed by atoms with van der Waals surface area (Å²) >= 11 is 0. The molecule has 0 fully saturated rings. The second-order valence-corrected chi connectivity index (χ2v) is 2.68. The molecule has 0 aliphatic rings. The molecule has 0 bridgehead atoms. The van der Waals surface area contributed by atoms with Crippen LogP contribution in [0.4, 0.5) is 5.69 Å². The van der Waals surface area contributed by atoms with E-state index in [1.54, 1.807) is 31.5 Å². The van der Waals surface area contributed by atoms with Gasteiger partial charge in [-0.1, -0.05) is 6.08 Å². The Hall–Kier alpha value is -1.64. The van der Waals surface area contributed by atoms with Gasteiger partial charge in [0.25, 0.3) is 0 Å². The second-order valence-electron chi connectivity index (χ2n) is 2.68. The lowest BCUT2D eigenvalue weighted by molar-refractivity contribution is -0.111. The summed E-state index contributed by atoms with van der Waals surface area (Å²) in [5.74, 6) is -0.114. The summed E-state index contributed by atoms with van der Waals surface area (Å²) in [6, 6.07) is 1.77. The minimum atomic E-state index is -0.114. The predicted octanol–water partition coefficient (Wildman–Crippen LogP) is 1.90. The van der Waals surface area contributed by atoms with Crippen LogP contribution in [-0.2, 0) is 4.79 Å². The van der Waals surface area contributed by atoms with Gasteiger partial charge >= 0.3 is 0 Å². The van der Waals surface area contributed by atoms with Crippen molar-refractivity contribution in [3.05, 3.63) is 36.2 Å². The van der Waals surface area contributed by atoms with Crippen LogP contribution in [0.3, 0.4) is 0 Å². The van der Waals surface area contributed by atoms with Gasteiger partial charge in [0.15, 0.2) is 0 Å². The molecule has 0 aliphatic heterocycles. The van der Waals surface area contributed by atoms with Gasteiger partial charge in [0.05, 0.1) is 0 Å². The number of pyridine rings is 1. The van der Waals surface area contributed by atoms with Crippen LogP contribution in [0.15, 0.2) is 30.6 Å². The van der Waals surface area contributed by atoms with Gasteiger partial charge < -0.3 is 5.32 Å². The predicted molar refractivity (Wildman–Crippen MR) is 52.4 cm³/mol. The fraction of sp³-hybridized carbons (Fsp3) is 0.200. The van der Waals surface area contributed by atoms with E-state index in [4.69, 9.17) is 0 Å². The van der Waals surface area contributed by atoms with Crippen molar-refractivity contribution in [2.24, 2.45) is 0 Å². The number of allylic oxidation sites excluding steroid dienone is 1. The number of rotatable bonds is 2. The van der Waals surface area contributed by atoms with E-state index in [1.165, 1.54) is 6.08 Å². The van der Waals surface area contributed by atoms with Crippen LogP contribution in [0.2, 0.25) is 0 Å². The van der Waals surface area contributed by atoms with Gasteiger partial charge in [-0.3, -0.25) is 9.78 Å². The molecule has 3 nitrogen and oxygen atoms in total. The van der Waals surface area contributed by atoms with Crippen LogP contribution < -0.4 is 5.32 Å². The molecule has 1 amide bonds. The molecule has 0 aliphatic carbocycles. The van der Waals surface area contributed by atoms with E-state index < -0.39 is 0 Å². The van der Waals surface area contributed by atoms with Crippen LogP contribution in [0.25, 0.3) is 0 Å². The van der Waals surface area contributed by atoms with E-state index in [-0.39, 0.29) is 5.91 Å². The molecular weight excluding hydrogens is 164 g/mol. The van der Waals surface area contributed by atoms with Crippen LogP contribution in [0.5, 0.6) is 0 Å². The third-order valence-corrected chi connectivity index (χ3v) is 1.60. The molecule has 1 N–H and O–H groups in total. The van der Waals surface area contributed by atoms with E-state index in [1.807, 2.05) is 6.92 Å². The van der Waals surface area contributed by atoms with Crippen molar-refractivity contribution in [2.45, 2.75) is 13.8 Å². The average molecular weight is 176 g/mol. The van der Waals surface area contributed by atoms with E-state index in [2.05, 4.69) is 10.3 Å². The molecule has 0 aromatic carbocycles. The molecule has 0 atom stereocenters. The number of nitrogens with one attached hydrogen (secondary N) is 1. The Kier molecular flexibility index (Phi) is 3.20. The lowest BCUT2D eigenvalue weighted by atomic mass is 10.2. The Bertz CT molecular complexity index is 331. The van der Waals surface area contributed by atoms with Gasteiger partial charge in [-0.2, -0.15) is 0 Å². The molecule has 1 aromatic heterocycles. The van der Waals surface area contributed by atoms with Crippen LogP contribution >= 0.6 is 0 Å². The highest BCUT2D eigenvalue weighted by Gasteiger charge is 1.99. The zero-order valence-corrected chi connectivity index (χ0v) is 7.74. The van der Waals surface area contributed by atoms with Crippen LogP contribution in [0.1, 0.15) is 12.5 Å². The van der Waals surface area contributed by atoms with Crippen molar-refractivity contribution in [3.63, 3.8) is 0 Å². The largest absolute Gasteiger partial charge is 0.322 e. The maximum Gasteiger partial charge on any atom is 0.248 e. The summed E-state index contributed by atoms with van der Waals surface area (Å²) in [7, 11) is 0. The molecule has 0 saturated heterocycles. The third-order valence-electron chi connectivity index (χ3n) is 1.60. The fourth-order valence-corrected chi connectivity index (χ4v) is 0.939. The number of aromatic nitrogens is 1. The summed E-state index contributed by atoms with van der Waals surface area (Å²) in [6.07, 6.45) is 6.55. The highest BCUT2D eigenvalue weighted by atomic mass is 16.1. The summed E-state index contributed by atoms with van der Waals surface area (Å²) in [6.45, 7) is 3.71. The highest BCUT2D eigenvalue weighted by Crippen LogP contribution is 2.10. The molecule has 1 aromatic rings. The topological polar surface area (TPSA) is 42.0 Å². The van der Waals surface area contributed by atoms with Crippen molar-refractivity contribution in [2.75, 3.05) is 5.32 Å². The van der Waals surface area contributed by atoms with Crippen LogP contribution in [0, 0.1) is 6.92 Å². The van der Waals surface area contributed by atoms with E-state index in [0.29, 0.717) is 0 Å². The molecule has 3 heteroatoms. The zero-order valence-electron chi connectivity index (χ0n) is 7.74. The molecule has 0 spiro atoms. The summed E-state index contributed by atoms with van der Waals surface area (Å²) in [4.78, 5) is 15.1. The first kappa shape index (κ1) is 9.45. The smallest absolute Gasteiger partial charge is 0.248 e. The number of amides is 1. The van der Waals surface area contributed by atoms with E-state index in [9.17, 15) is 4.79 Å². The number of anilines is 1. The first-order valence-electron chi connectivity index (χ1n) is 4.08. The normalized spacial score (nSPS) is 10.3. The lowest BCUT2D eigenvalue weighted by Gasteiger charge is -2.04. The minimum absolute atomic E-state index is 0.114. The van der Waals surface area contributed by atoms with Crippen LogP contribution in [-0.4, -0.2) is 10.9 Å². The second kappa shape index (κ2) is 4.40. The Morgan fingerprint density at radius 3 is 3.00 bits per heavy atom. The first-order chi connectivity index (χ1) is 6.24. The van der Waals surface area contributed by atoms with Crippen molar-refractivity contribution < 1.29 is 4.79 Å². The van der Waals surface area contributed by atoms with Gasteiger partial charge in [0.1, 0.15) is 0 Å². The van der Waals surface area contributed by atoms with Crippen molar-refractivity contribution in [3.8, 4) is 0 Å². The number of aryl methyl sites for hydroxylation is 1. The molecule has 0 radical (unpaired) electrons. The van der Waals surface area contributed by atoms with Crippen molar-refractivity contribution in [1.29, 1.82) is 0 Å². The number of hydrogen-bond acceptors (Lipinski definition) is 2. The zero-order chi connectivity index (χ0) is 9.68. The fourth-order valence-electron chi connectivity index (χ4n) is 0.939. The Labute approximate surface area is 77.5 Å². The van der Waals surface area contributed by atoms with Gasteiger partial charge in [0, 0.05) is 18.1 Å². The van der Waals surface area contributed by atoms with Crippen molar-refractivity contribution >= 4 is 11.6 Å². The van der Waals surface area contributed by atoms with Crippen molar-refractivity contribution in [1.82, 2.24) is 4.98 Å². The highest BCUT2D eigenvalue weighted by molar-refractivity contribution is 5.99. The monoisotopic (exact) mass is 176 g/mol. The van der Waals surface area contributed by atoms with E-state index in [0.717, 1.165) is 11.3 Å². The molecule has 0 unspecified atom stereocenters. The molecule has 0 saturated carbocycles. The Balaban J connectivity index is 2.74. The number of nitrogens with zero attached hydrogens (tertiary/aromatic N) is 1. The molecule has 1 heterocycles. The maximum absolute atomic E-state index is 11.1. The third kappa shape index (κ3) is 2.71. The number of carbonyl (C=O) groups excluding carboxylic acids is 1. The minimum Gasteiger partial charge on any atom is -0.322 e. The molecule has 1 rings (SSSR count). The SMILES string of the molecule is CC=CC(=O)Nc1ccncc1C. The maximum atomic E-state index is 11.1. The standard InChI is InChI=1S/C10H12N2O/c1-3-4-10(13)12-9-5-6-11-7-8(9)2/h3-7H,1-2H3,(H,11,12,13). The summed E-state index contributed by atoms with van der Waals surface area (Å²) < 4.78 is 0.